The van der Waals surface area contributed by atoms with Gasteiger partial charge in [0.1, 0.15) is 0 Å². The number of benzene rings is 2. The van der Waals surface area contributed by atoms with Crippen molar-refractivity contribution in [2.24, 2.45) is 0 Å². The summed E-state index contributed by atoms with van der Waals surface area (Å²) in [7, 11) is -3.35. The number of carbonyl (C=O) groups is 1. The molecule has 0 radical (unpaired) electrons. The molecule has 0 aliphatic carbocycles. The molecule has 2 aromatic rings. The molecule has 0 atom stereocenters. The number of rotatable bonds is 6. The van der Waals surface area contributed by atoms with Gasteiger partial charge in [0, 0.05) is 11.3 Å². The first-order valence-electron chi connectivity index (χ1n) is 7.83. The molecule has 6 heteroatoms. The Balaban J connectivity index is 2.19. The molecule has 0 aliphatic heterocycles. The highest BCUT2D eigenvalue weighted by Crippen LogP contribution is 2.18. The Morgan fingerprint density at radius 1 is 0.958 bits per heavy atom. The van der Waals surface area contributed by atoms with Crippen LogP contribution in [-0.2, 0) is 22.9 Å². The average molecular weight is 346 g/mol. The van der Waals surface area contributed by atoms with Gasteiger partial charge in [0.05, 0.1) is 11.9 Å². The quantitative estimate of drug-likeness (QED) is 0.841. The maximum atomic E-state index is 12.4. The second kappa shape index (κ2) is 7.49. The molecule has 2 rings (SSSR count). The SMILES string of the molecule is CCc1ccc(C(=O)Nc2cccc(NS(C)(=O)=O)c2)cc1CC. The van der Waals surface area contributed by atoms with Crippen LogP contribution >= 0.6 is 0 Å². The summed E-state index contributed by atoms with van der Waals surface area (Å²) >= 11 is 0. The normalized spacial score (nSPS) is 11.1. The number of sulfonamides is 1. The zero-order chi connectivity index (χ0) is 17.7. The lowest BCUT2D eigenvalue weighted by atomic mass is 10.00. The van der Waals surface area contributed by atoms with Gasteiger partial charge >= 0.3 is 0 Å². The molecular formula is C18H22N2O3S. The fourth-order valence-corrected chi connectivity index (χ4v) is 3.07. The molecule has 0 fully saturated rings. The number of aryl methyl sites for hydroxylation is 2. The van der Waals surface area contributed by atoms with Crippen molar-refractivity contribution in [3.8, 4) is 0 Å². The highest BCUT2D eigenvalue weighted by molar-refractivity contribution is 7.92. The summed E-state index contributed by atoms with van der Waals surface area (Å²) in [5.41, 5.74) is 3.94. The van der Waals surface area contributed by atoms with Crippen molar-refractivity contribution in [1.82, 2.24) is 0 Å². The maximum Gasteiger partial charge on any atom is 0.255 e. The molecule has 0 saturated carbocycles. The topological polar surface area (TPSA) is 75.3 Å². The van der Waals surface area contributed by atoms with Crippen LogP contribution in [-0.4, -0.2) is 20.6 Å². The standard InChI is InChI=1S/C18H22N2O3S/c1-4-13-9-10-15(11-14(13)5-2)18(21)19-16-7-6-8-17(12-16)20-24(3,22)23/h6-12,20H,4-5H2,1-3H3,(H,19,21). The largest absolute Gasteiger partial charge is 0.322 e. The van der Waals surface area contributed by atoms with Crippen molar-refractivity contribution in [3.63, 3.8) is 0 Å². The van der Waals surface area contributed by atoms with Gasteiger partial charge in [-0.15, -0.1) is 0 Å². The van der Waals surface area contributed by atoms with Gasteiger partial charge in [-0.1, -0.05) is 26.0 Å². The van der Waals surface area contributed by atoms with Gasteiger partial charge in [0.15, 0.2) is 0 Å². The van der Waals surface area contributed by atoms with Crippen molar-refractivity contribution in [3.05, 3.63) is 59.2 Å². The Kier molecular flexibility index (Phi) is 5.62. The minimum Gasteiger partial charge on any atom is -0.322 e. The number of hydrogen-bond acceptors (Lipinski definition) is 3. The summed E-state index contributed by atoms with van der Waals surface area (Å²) in [6.45, 7) is 4.16. The number of hydrogen-bond donors (Lipinski definition) is 2. The molecule has 0 unspecified atom stereocenters. The van der Waals surface area contributed by atoms with Crippen LogP contribution in [0.3, 0.4) is 0 Å². The van der Waals surface area contributed by atoms with Crippen LogP contribution in [0.25, 0.3) is 0 Å². The van der Waals surface area contributed by atoms with E-state index >= 15 is 0 Å². The molecule has 0 heterocycles. The third kappa shape index (κ3) is 4.83. The molecule has 0 aliphatic rings. The smallest absolute Gasteiger partial charge is 0.255 e. The first-order valence-corrected chi connectivity index (χ1v) is 9.72. The molecule has 128 valence electrons. The van der Waals surface area contributed by atoms with Gasteiger partial charge < -0.3 is 5.32 Å². The zero-order valence-corrected chi connectivity index (χ0v) is 14.9. The highest BCUT2D eigenvalue weighted by atomic mass is 32.2. The van der Waals surface area contributed by atoms with E-state index < -0.39 is 10.0 Å². The van der Waals surface area contributed by atoms with E-state index in [1.54, 1.807) is 24.3 Å². The van der Waals surface area contributed by atoms with Crippen molar-refractivity contribution < 1.29 is 13.2 Å². The third-order valence-electron chi connectivity index (χ3n) is 3.65. The van der Waals surface area contributed by atoms with Gasteiger partial charge in [-0.05, 0) is 54.3 Å². The van der Waals surface area contributed by atoms with Gasteiger partial charge in [-0.2, -0.15) is 0 Å². The van der Waals surface area contributed by atoms with Crippen LogP contribution in [0.15, 0.2) is 42.5 Å². The predicted octanol–water partition coefficient (Wildman–Crippen LogP) is 3.44. The summed E-state index contributed by atoms with van der Waals surface area (Å²) in [4.78, 5) is 12.4. The first-order chi connectivity index (χ1) is 11.3. The number of nitrogens with one attached hydrogen (secondary N) is 2. The fraction of sp³-hybridized carbons (Fsp3) is 0.278. The Morgan fingerprint density at radius 2 is 1.62 bits per heavy atom. The van der Waals surface area contributed by atoms with Crippen LogP contribution in [0.4, 0.5) is 11.4 Å². The van der Waals surface area contributed by atoms with Crippen molar-refractivity contribution in [1.29, 1.82) is 0 Å². The Bertz CT molecular complexity index is 845. The van der Waals surface area contributed by atoms with Crippen LogP contribution in [0.5, 0.6) is 0 Å². The lowest BCUT2D eigenvalue weighted by Crippen LogP contribution is -2.13. The molecule has 1 amide bonds. The van der Waals surface area contributed by atoms with E-state index in [0.717, 1.165) is 24.7 Å². The minimum atomic E-state index is -3.35. The summed E-state index contributed by atoms with van der Waals surface area (Å²) in [5, 5.41) is 2.80. The Hall–Kier alpha value is -2.34. The van der Waals surface area contributed by atoms with Crippen LogP contribution in [0.2, 0.25) is 0 Å². The van der Waals surface area contributed by atoms with E-state index in [1.165, 1.54) is 5.56 Å². The molecule has 5 nitrogen and oxygen atoms in total. The van der Waals surface area contributed by atoms with E-state index in [2.05, 4.69) is 23.9 Å². The predicted molar refractivity (Wildman–Crippen MR) is 98.1 cm³/mol. The number of carbonyl (C=O) groups excluding carboxylic acids is 1. The second-order valence-electron chi connectivity index (χ2n) is 5.60. The average Bonchev–Trinajstić information content (AvgIpc) is 2.52. The molecule has 0 saturated heterocycles. The van der Waals surface area contributed by atoms with Crippen LogP contribution in [0, 0.1) is 0 Å². The maximum absolute atomic E-state index is 12.4. The van der Waals surface area contributed by atoms with E-state index in [1.807, 2.05) is 18.2 Å². The van der Waals surface area contributed by atoms with Crippen molar-refractivity contribution in [2.45, 2.75) is 26.7 Å². The van der Waals surface area contributed by atoms with Gasteiger partial charge in [-0.3, -0.25) is 9.52 Å². The summed E-state index contributed by atoms with van der Waals surface area (Å²) in [6.07, 6.45) is 2.89. The second-order valence-corrected chi connectivity index (χ2v) is 7.35. The molecule has 0 spiro atoms. The van der Waals surface area contributed by atoms with Crippen LogP contribution < -0.4 is 10.0 Å². The van der Waals surface area contributed by atoms with Gasteiger partial charge in [0.2, 0.25) is 10.0 Å². The van der Waals surface area contributed by atoms with Crippen LogP contribution in [0.1, 0.15) is 35.3 Å². The molecular weight excluding hydrogens is 324 g/mol. The highest BCUT2D eigenvalue weighted by Gasteiger charge is 2.10. The van der Waals surface area contributed by atoms with Crippen molar-refractivity contribution >= 4 is 27.3 Å². The monoisotopic (exact) mass is 346 g/mol. The molecule has 0 aromatic heterocycles. The minimum absolute atomic E-state index is 0.219. The zero-order valence-electron chi connectivity index (χ0n) is 14.1. The molecule has 24 heavy (non-hydrogen) atoms. The van der Waals surface area contributed by atoms with E-state index in [9.17, 15) is 13.2 Å². The number of anilines is 2. The van der Waals surface area contributed by atoms with Gasteiger partial charge in [0.25, 0.3) is 5.91 Å². The van der Waals surface area contributed by atoms with E-state index in [-0.39, 0.29) is 5.91 Å². The summed E-state index contributed by atoms with van der Waals surface area (Å²) in [6, 6.07) is 12.3. The first kappa shape index (κ1) is 18.0. The lowest BCUT2D eigenvalue weighted by molar-refractivity contribution is 0.102. The van der Waals surface area contributed by atoms with E-state index in [4.69, 9.17) is 0 Å². The summed E-state index contributed by atoms with van der Waals surface area (Å²) in [5.74, 6) is -0.219. The lowest BCUT2D eigenvalue weighted by Gasteiger charge is -2.11. The summed E-state index contributed by atoms with van der Waals surface area (Å²) < 4.78 is 25.0. The Labute approximate surface area is 143 Å². The molecule has 2 aromatic carbocycles. The third-order valence-corrected chi connectivity index (χ3v) is 4.26. The molecule has 2 N–H and O–H groups in total. The number of amides is 1. The van der Waals surface area contributed by atoms with E-state index in [0.29, 0.717) is 16.9 Å². The van der Waals surface area contributed by atoms with Gasteiger partial charge in [-0.25, -0.2) is 8.42 Å². The molecule has 0 bridgehead atoms. The fourth-order valence-electron chi connectivity index (χ4n) is 2.52. The van der Waals surface area contributed by atoms with Crippen molar-refractivity contribution in [2.75, 3.05) is 16.3 Å². The Morgan fingerprint density at radius 3 is 2.25 bits per heavy atom.